The Hall–Kier alpha value is -1.95. The number of halogens is 1. The fourth-order valence-corrected chi connectivity index (χ4v) is 3.43. The predicted molar refractivity (Wildman–Crippen MR) is 82.4 cm³/mol. The summed E-state index contributed by atoms with van der Waals surface area (Å²) in [6.07, 6.45) is -0.962. The third-order valence-corrected chi connectivity index (χ3v) is 4.95. The number of rotatable bonds is 2. The average molecular weight is 324 g/mol. The van der Waals surface area contributed by atoms with Crippen LogP contribution in [0.3, 0.4) is 0 Å². The van der Waals surface area contributed by atoms with Gasteiger partial charge in [0.1, 0.15) is 23.8 Å². The molecule has 0 saturated carbocycles. The van der Waals surface area contributed by atoms with E-state index in [0.29, 0.717) is 0 Å². The first-order chi connectivity index (χ1) is 10.6. The number of methoxy groups -OCH3 is 1. The molecule has 0 spiro atoms. The molecule has 126 valence electrons. The van der Waals surface area contributed by atoms with Crippen molar-refractivity contribution in [2.75, 3.05) is 20.2 Å². The number of amides is 1. The van der Waals surface area contributed by atoms with E-state index in [1.165, 1.54) is 19.2 Å². The highest BCUT2D eigenvalue weighted by molar-refractivity contribution is 5.75. The van der Waals surface area contributed by atoms with Crippen LogP contribution < -0.4 is 0 Å². The van der Waals surface area contributed by atoms with Gasteiger partial charge in [-0.1, -0.05) is 12.1 Å². The lowest BCUT2D eigenvalue weighted by atomic mass is 9.89. The molecule has 1 unspecified atom stereocenters. The quantitative estimate of drug-likeness (QED) is 0.671. The highest BCUT2D eigenvalue weighted by atomic mass is 19.1. The first kappa shape index (κ1) is 17.4. The van der Waals surface area contributed by atoms with E-state index >= 15 is 0 Å². The zero-order chi connectivity index (χ0) is 17.4. The van der Waals surface area contributed by atoms with Gasteiger partial charge < -0.3 is 9.84 Å². The maximum Gasteiger partial charge on any atom is 0.514 e. The fourth-order valence-electron chi connectivity index (χ4n) is 3.43. The predicted octanol–water partition coefficient (Wildman–Crippen LogP) is 3.01. The molecule has 1 fully saturated rings. The van der Waals surface area contributed by atoms with E-state index in [1.54, 1.807) is 12.1 Å². The number of benzene rings is 1. The first-order valence-corrected chi connectivity index (χ1v) is 7.56. The smallest absolute Gasteiger partial charge is 0.469 e. The third kappa shape index (κ3) is 2.95. The molecule has 1 saturated heterocycles. The Morgan fingerprint density at radius 1 is 1.22 bits per heavy atom. The summed E-state index contributed by atoms with van der Waals surface area (Å²) >= 11 is 0. The Balaban J connectivity index is 2.49. The summed E-state index contributed by atoms with van der Waals surface area (Å²) in [6, 6.07) is 5.88. The summed E-state index contributed by atoms with van der Waals surface area (Å²) in [5.74, 6) is -1.68. The molecule has 2 rings (SSSR count). The van der Waals surface area contributed by atoms with Gasteiger partial charge in [-0.3, -0.25) is 4.79 Å². The van der Waals surface area contributed by atoms with Crippen molar-refractivity contribution in [3.63, 3.8) is 0 Å². The van der Waals surface area contributed by atoms with Gasteiger partial charge >= 0.3 is 12.1 Å². The van der Waals surface area contributed by atoms with Crippen molar-refractivity contribution in [2.45, 2.75) is 32.2 Å². The monoisotopic (exact) mass is 324 g/mol. The highest BCUT2D eigenvalue weighted by Crippen LogP contribution is 2.43. The van der Waals surface area contributed by atoms with Crippen molar-refractivity contribution in [3.05, 3.63) is 35.6 Å². The second-order valence-corrected chi connectivity index (χ2v) is 7.07. The molecule has 1 aliphatic rings. The first-order valence-electron chi connectivity index (χ1n) is 7.56. The normalized spacial score (nSPS) is 27.7. The van der Waals surface area contributed by atoms with Crippen LogP contribution in [0.2, 0.25) is 0 Å². The van der Waals surface area contributed by atoms with Crippen LogP contribution in [0.15, 0.2) is 24.3 Å². The molecule has 1 heterocycles. The molecule has 1 amide bonds. The zero-order valence-electron chi connectivity index (χ0n) is 13.9. The van der Waals surface area contributed by atoms with E-state index in [2.05, 4.69) is 0 Å². The van der Waals surface area contributed by atoms with Gasteiger partial charge in [0, 0.05) is 0 Å². The molecule has 23 heavy (non-hydrogen) atoms. The lowest BCUT2D eigenvalue weighted by Gasteiger charge is -2.40. The maximum absolute atomic E-state index is 13.2. The number of carboxylic acid groups (broad SMARTS) is 1. The number of hydrogen-bond acceptors (Lipinski definition) is 3. The topological polar surface area (TPSA) is 63.6 Å². The summed E-state index contributed by atoms with van der Waals surface area (Å²) in [5, 5.41) is 9.84. The van der Waals surface area contributed by atoms with Gasteiger partial charge in [0.15, 0.2) is 0 Å². The van der Waals surface area contributed by atoms with Crippen LogP contribution in [0, 0.1) is 11.7 Å². The molecule has 1 N–H and O–H groups in total. The van der Waals surface area contributed by atoms with Gasteiger partial charge in [-0.05, 0) is 38.5 Å². The van der Waals surface area contributed by atoms with E-state index in [0.717, 1.165) is 5.56 Å². The Kier molecular flexibility index (Phi) is 4.48. The van der Waals surface area contributed by atoms with E-state index < -0.39 is 23.5 Å². The molecule has 0 bridgehead atoms. The number of hydrogen-bond donors (Lipinski definition) is 1. The Morgan fingerprint density at radius 3 is 2.22 bits per heavy atom. The molecular weight excluding hydrogens is 301 g/mol. The molecule has 0 aromatic heterocycles. The Bertz CT molecular complexity index is 608. The van der Waals surface area contributed by atoms with Gasteiger partial charge in [0.25, 0.3) is 0 Å². The SMILES string of the molecule is COC(=O)[C@H]1C[N+](C(=O)O)(C(C)(C)C)C[C@H]1c1ccc(F)cc1. The standard InChI is InChI=1S/C17H22FNO4/c1-17(2,3)19(16(21)22)9-13(14(10-19)15(20)23-4)11-5-7-12(18)8-6-11/h5-8,13-14H,9-10H2,1-4H3/p+1/t13-,14-,19?/m0/s1. The van der Waals surface area contributed by atoms with E-state index in [-0.39, 0.29) is 29.3 Å². The van der Waals surface area contributed by atoms with Crippen molar-refractivity contribution < 1.29 is 28.3 Å². The number of quaternary nitrogens is 1. The summed E-state index contributed by atoms with van der Waals surface area (Å²) < 4.78 is 17.8. The number of carbonyl (C=O) groups is 2. The number of ether oxygens (including phenoxy) is 1. The molecular formula is C17H23FNO4+. The van der Waals surface area contributed by atoms with Gasteiger partial charge in [-0.25, -0.2) is 8.87 Å². The molecule has 6 heteroatoms. The van der Waals surface area contributed by atoms with Gasteiger partial charge in [0.05, 0.1) is 19.6 Å². The minimum atomic E-state index is -0.962. The van der Waals surface area contributed by atoms with E-state index in [9.17, 15) is 19.1 Å². The van der Waals surface area contributed by atoms with Crippen LogP contribution in [0.25, 0.3) is 0 Å². The summed E-state index contributed by atoms with van der Waals surface area (Å²) in [4.78, 5) is 24.2. The number of esters is 1. The molecule has 0 radical (unpaired) electrons. The minimum Gasteiger partial charge on any atom is -0.469 e. The van der Waals surface area contributed by atoms with Crippen molar-refractivity contribution in [1.29, 1.82) is 0 Å². The number of likely N-dealkylation sites (tertiary alicyclic amines) is 1. The molecule has 1 aromatic carbocycles. The van der Waals surface area contributed by atoms with Crippen LogP contribution >= 0.6 is 0 Å². The Labute approximate surface area is 135 Å². The van der Waals surface area contributed by atoms with Crippen LogP contribution in [0.1, 0.15) is 32.3 Å². The summed E-state index contributed by atoms with van der Waals surface area (Å²) in [5.41, 5.74) is 0.180. The second-order valence-electron chi connectivity index (χ2n) is 7.07. The molecule has 1 aromatic rings. The van der Waals surface area contributed by atoms with Crippen molar-refractivity contribution >= 4 is 12.1 Å². The fraction of sp³-hybridized carbons (Fsp3) is 0.529. The van der Waals surface area contributed by atoms with Gasteiger partial charge in [-0.2, -0.15) is 4.79 Å². The van der Waals surface area contributed by atoms with Crippen LogP contribution in [-0.4, -0.2) is 47.4 Å². The summed E-state index contributed by atoms with van der Waals surface area (Å²) in [7, 11) is 1.30. The van der Waals surface area contributed by atoms with Crippen molar-refractivity contribution in [1.82, 2.24) is 0 Å². The second kappa shape index (κ2) is 5.92. The highest BCUT2D eigenvalue weighted by Gasteiger charge is 2.59. The molecule has 0 aliphatic carbocycles. The van der Waals surface area contributed by atoms with E-state index in [1.807, 2.05) is 20.8 Å². The Morgan fingerprint density at radius 2 is 1.78 bits per heavy atom. The summed E-state index contributed by atoms with van der Waals surface area (Å²) in [6.45, 7) is 5.98. The van der Waals surface area contributed by atoms with Crippen LogP contribution in [0.4, 0.5) is 9.18 Å². The average Bonchev–Trinajstić information content (AvgIpc) is 2.89. The van der Waals surface area contributed by atoms with Gasteiger partial charge in [-0.15, -0.1) is 0 Å². The zero-order valence-corrected chi connectivity index (χ0v) is 13.9. The van der Waals surface area contributed by atoms with Crippen molar-refractivity contribution in [3.8, 4) is 0 Å². The number of nitrogens with zero attached hydrogens (tertiary/aromatic N) is 1. The lowest BCUT2D eigenvalue weighted by Crippen LogP contribution is -2.62. The van der Waals surface area contributed by atoms with E-state index in [4.69, 9.17) is 4.74 Å². The molecule has 3 atom stereocenters. The lowest BCUT2D eigenvalue weighted by molar-refractivity contribution is -0.893. The molecule has 5 nitrogen and oxygen atoms in total. The third-order valence-electron chi connectivity index (χ3n) is 4.95. The van der Waals surface area contributed by atoms with Gasteiger partial charge in [0.2, 0.25) is 0 Å². The molecule has 1 aliphatic heterocycles. The minimum absolute atomic E-state index is 0.160. The number of carbonyl (C=O) groups excluding carboxylic acids is 1. The van der Waals surface area contributed by atoms with Crippen molar-refractivity contribution in [2.24, 2.45) is 5.92 Å². The van der Waals surface area contributed by atoms with Crippen LogP contribution in [-0.2, 0) is 9.53 Å². The van der Waals surface area contributed by atoms with Crippen LogP contribution in [0.5, 0.6) is 0 Å². The maximum atomic E-state index is 13.2. The largest absolute Gasteiger partial charge is 0.514 e.